The summed E-state index contributed by atoms with van der Waals surface area (Å²) in [6, 6.07) is 12.2. The molecule has 0 fully saturated rings. The fourth-order valence-electron chi connectivity index (χ4n) is 2.26. The van der Waals surface area contributed by atoms with Crippen LogP contribution in [-0.4, -0.2) is 13.5 Å². The van der Waals surface area contributed by atoms with E-state index < -0.39 is 10.0 Å². The van der Waals surface area contributed by atoms with Crippen LogP contribution in [0.1, 0.15) is 26.2 Å². The van der Waals surface area contributed by atoms with Gasteiger partial charge in [0.15, 0.2) is 0 Å². The highest BCUT2D eigenvalue weighted by Gasteiger charge is 2.16. The van der Waals surface area contributed by atoms with Gasteiger partial charge in [-0.1, -0.05) is 25.5 Å². The molecule has 2 aromatic carbocycles. The van der Waals surface area contributed by atoms with Gasteiger partial charge in [0.05, 0.1) is 16.3 Å². The maximum atomic E-state index is 12.4. The quantitative estimate of drug-likeness (QED) is 0.319. The summed E-state index contributed by atoms with van der Waals surface area (Å²) in [6.45, 7) is 2.08. The summed E-state index contributed by atoms with van der Waals surface area (Å²) in [6.07, 6.45) is 4.39. The SMILES string of the molecule is CCCC/C(N)=C/N(N)c1ccc(S(=O)(=O)Nc2ccccc2O)cc1. The van der Waals surface area contributed by atoms with E-state index in [1.807, 2.05) is 0 Å². The van der Waals surface area contributed by atoms with Crippen molar-refractivity contribution in [2.45, 2.75) is 31.1 Å². The van der Waals surface area contributed by atoms with Gasteiger partial charge in [-0.3, -0.25) is 9.73 Å². The van der Waals surface area contributed by atoms with Gasteiger partial charge in [0.1, 0.15) is 5.75 Å². The molecular weight excluding hydrogens is 352 g/mol. The Balaban J connectivity index is 2.14. The van der Waals surface area contributed by atoms with Crippen molar-refractivity contribution in [2.75, 3.05) is 9.73 Å². The van der Waals surface area contributed by atoms with Gasteiger partial charge in [-0.2, -0.15) is 0 Å². The number of rotatable bonds is 8. The molecule has 8 heteroatoms. The van der Waals surface area contributed by atoms with E-state index in [-0.39, 0.29) is 16.3 Å². The van der Waals surface area contributed by atoms with Crippen LogP contribution < -0.4 is 21.3 Å². The predicted molar refractivity (Wildman–Crippen MR) is 104 cm³/mol. The maximum absolute atomic E-state index is 12.4. The molecule has 2 aromatic rings. The largest absolute Gasteiger partial charge is 0.506 e. The predicted octanol–water partition coefficient (Wildman–Crippen LogP) is 2.86. The monoisotopic (exact) mass is 376 g/mol. The standard InChI is InChI=1S/C18H24N4O3S/c1-2-3-6-14(19)13-22(20)15-9-11-16(12-10-15)26(24,25)21-17-7-4-5-8-18(17)23/h4-5,7-13,21,23H,2-3,6,19-20H2,1H3/b14-13-. The van der Waals surface area contributed by atoms with Crippen molar-refractivity contribution >= 4 is 21.4 Å². The van der Waals surface area contributed by atoms with Crippen LogP contribution in [-0.2, 0) is 10.0 Å². The van der Waals surface area contributed by atoms with Crippen LogP contribution in [0.2, 0.25) is 0 Å². The summed E-state index contributed by atoms with van der Waals surface area (Å²) >= 11 is 0. The molecule has 0 amide bonds. The van der Waals surface area contributed by atoms with Crippen molar-refractivity contribution in [1.29, 1.82) is 0 Å². The van der Waals surface area contributed by atoms with Crippen molar-refractivity contribution in [1.82, 2.24) is 0 Å². The Kier molecular flexibility index (Phi) is 6.48. The molecule has 26 heavy (non-hydrogen) atoms. The summed E-state index contributed by atoms with van der Waals surface area (Å²) in [7, 11) is -3.82. The number of sulfonamides is 1. The van der Waals surface area contributed by atoms with E-state index in [2.05, 4.69) is 11.6 Å². The van der Waals surface area contributed by atoms with Crippen molar-refractivity contribution in [2.24, 2.45) is 11.6 Å². The molecule has 0 aliphatic rings. The fourth-order valence-corrected chi connectivity index (χ4v) is 3.33. The minimum absolute atomic E-state index is 0.0563. The smallest absolute Gasteiger partial charge is 0.262 e. The zero-order valence-electron chi connectivity index (χ0n) is 14.6. The van der Waals surface area contributed by atoms with Gasteiger partial charge in [-0.15, -0.1) is 0 Å². The summed E-state index contributed by atoms with van der Waals surface area (Å²) in [5, 5.41) is 11.1. The third kappa shape index (κ3) is 5.14. The molecule has 6 N–H and O–H groups in total. The number of hydrogen-bond donors (Lipinski definition) is 4. The Hall–Kier alpha value is -2.71. The van der Waals surface area contributed by atoms with Crippen LogP contribution in [0, 0.1) is 0 Å². The third-order valence-corrected chi connectivity index (χ3v) is 5.10. The van der Waals surface area contributed by atoms with Gasteiger partial charge >= 0.3 is 0 Å². The van der Waals surface area contributed by atoms with E-state index in [0.29, 0.717) is 11.4 Å². The highest BCUT2D eigenvalue weighted by molar-refractivity contribution is 7.92. The van der Waals surface area contributed by atoms with E-state index in [0.717, 1.165) is 19.3 Å². The number of nitrogens with zero attached hydrogens (tertiary/aromatic N) is 1. The molecule has 0 aromatic heterocycles. The lowest BCUT2D eigenvalue weighted by Crippen LogP contribution is -2.26. The molecule has 0 atom stereocenters. The van der Waals surface area contributed by atoms with Crippen LogP contribution in [0.3, 0.4) is 0 Å². The molecule has 140 valence electrons. The molecule has 0 bridgehead atoms. The average Bonchev–Trinajstić information content (AvgIpc) is 2.62. The van der Waals surface area contributed by atoms with Crippen LogP contribution in [0.5, 0.6) is 5.75 Å². The molecule has 7 nitrogen and oxygen atoms in total. The zero-order valence-corrected chi connectivity index (χ0v) is 15.4. The molecule has 0 aliphatic heterocycles. The van der Waals surface area contributed by atoms with E-state index >= 15 is 0 Å². The molecule has 0 saturated heterocycles. The lowest BCUT2D eigenvalue weighted by Gasteiger charge is -2.16. The highest BCUT2D eigenvalue weighted by atomic mass is 32.2. The first-order valence-electron chi connectivity index (χ1n) is 8.24. The molecular formula is C18H24N4O3S. The van der Waals surface area contributed by atoms with Crippen LogP contribution >= 0.6 is 0 Å². The Morgan fingerprint density at radius 3 is 2.46 bits per heavy atom. The summed E-state index contributed by atoms with van der Waals surface area (Å²) < 4.78 is 27.2. The number of nitrogens with one attached hydrogen (secondary N) is 1. The number of benzene rings is 2. The average molecular weight is 376 g/mol. The van der Waals surface area contributed by atoms with Crippen molar-refractivity contribution in [3.63, 3.8) is 0 Å². The van der Waals surface area contributed by atoms with Gasteiger partial charge in [0, 0.05) is 11.9 Å². The number of aromatic hydroxyl groups is 1. The van der Waals surface area contributed by atoms with Crippen LogP contribution in [0.4, 0.5) is 11.4 Å². The second kappa shape index (κ2) is 8.59. The Labute approximate surface area is 154 Å². The van der Waals surface area contributed by atoms with Crippen molar-refractivity contribution < 1.29 is 13.5 Å². The number of anilines is 2. The fraction of sp³-hybridized carbons (Fsp3) is 0.222. The van der Waals surface area contributed by atoms with Gasteiger partial charge in [-0.05, 0) is 49.2 Å². The van der Waals surface area contributed by atoms with E-state index in [9.17, 15) is 13.5 Å². The van der Waals surface area contributed by atoms with Crippen molar-refractivity contribution in [3.05, 3.63) is 60.4 Å². The van der Waals surface area contributed by atoms with Gasteiger partial charge in [0.2, 0.25) is 0 Å². The van der Waals surface area contributed by atoms with Gasteiger partial charge < -0.3 is 10.8 Å². The maximum Gasteiger partial charge on any atom is 0.262 e. The number of phenols is 1. The van der Waals surface area contributed by atoms with Gasteiger partial charge in [-0.25, -0.2) is 14.3 Å². The molecule has 0 spiro atoms. The number of unbranched alkanes of at least 4 members (excludes halogenated alkanes) is 1. The molecule has 0 saturated carbocycles. The van der Waals surface area contributed by atoms with E-state index in [1.54, 1.807) is 30.5 Å². The molecule has 2 rings (SSSR count). The molecule has 0 radical (unpaired) electrons. The Morgan fingerprint density at radius 2 is 1.85 bits per heavy atom. The third-order valence-electron chi connectivity index (χ3n) is 3.72. The zero-order chi connectivity index (χ0) is 19.2. The first-order chi connectivity index (χ1) is 12.3. The first-order valence-corrected chi connectivity index (χ1v) is 9.73. The molecule has 0 heterocycles. The normalized spacial score (nSPS) is 12.0. The second-order valence-corrected chi connectivity index (χ2v) is 7.51. The van der Waals surface area contributed by atoms with E-state index in [1.165, 1.54) is 29.3 Å². The summed E-state index contributed by atoms with van der Waals surface area (Å²) in [5.74, 6) is 5.80. The first kappa shape index (κ1) is 19.6. The number of phenolic OH excluding ortho intramolecular Hbond substituents is 1. The summed E-state index contributed by atoms with van der Waals surface area (Å²) in [5.41, 5.74) is 7.28. The van der Waals surface area contributed by atoms with Crippen molar-refractivity contribution in [3.8, 4) is 5.75 Å². The molecule has 0 unspecified atom stereocenters. The number of hydrogen-bond acceptors (Lipinski definition) is 6. The minimum atomic E-state index is -3.82. The minimum Gasteiger partial charge on any atom is -0.506 e. The highest BCUT2D eigenvalue weighted by Crippen LogP contribution is 2.25. The van der Waals surface area contributed by atoms with Gasteiger partial charge in [0.25, 0.3) is 10.0 Å². The lowest BCUT2D eigenvalue weighted by molar-refractivity contribution is 0.477. The Bertz CT molecular complexity index is 864. The number of hydrazine groups is 1. The van der Waals surface area contributed by atoms with Crippen LogP contribution in [0.15, 0.2) is 65.3 Å². The van der Waals surface area contributed by atoms with E-state index in [4.69, 9.17) is 11.6 Å². The second-order valence-electron chi connectivity index (χ2n) is 5.83. The number of nitrogens with two attached hydrogens (primary N) is 2. The number of allylic oxidation sites excluding steroid dienone is 1. The molecule has 0 aliphatic carbocycles. The topological polar surface area (TPSA) is 122 Å². The lowest BCUT2D eigenvalue weighted by atomic mass is 10.2. The number of para-hydroxylation sites is 2. The van der Waals surface area contributed by atoms with Crippen LogP contribution in [0.25, 0.3) is 0 Å². The Morgan fingerprint density at radius 1 is 1.19 bits per heavy atom. The summed E-state index contributed by atoms with van der Waals surface area (Å²) in [4.78, 5) is 0.0563.